The Morgan fingerprint density at radius 2 is 2.25 bits per heavy atom. The molecule has 0 bridgehead atoms. The summed E-state index contributed by atoms with van der Waals surface area (Å²) in [4.78, 5) is 19.0. The number of carbonyl (C=O) groups excluding carboxylic acids is 1. The van der Waals surface area contributed by atoms with E-state index in [2.05, 4.69) is 21.8 Å². The van der Waals surface area contributed by atoms with Gasteiger partial charge in [-0.15, -0.1) is 16.8 Å². The number of aliphatic imine (C=N–C) groups is 1. The lowest BCUT2D eigenvalue weighted by Gasteiger charge is -2.11. The van der Waals surface area contributed by atoms with Gasteiger partial charge in [-0.3, -0.25) is 9.69 Å². The maximum absolute atomic E-state index is 13.3. The second-order valence-corrected chi connectivity index (χ2v) is 7.04. The number of aryl methyl sites for hydroxylation is 1. The van der Waals surface area contributed by atoms with Gasteiger partial charge in [0.05, 0.1) is 4.91 Å². The van der Waals surface area contributed by atoms with Crippen molar-refractivity contribution in [2.24, 2.45) is 4.99 Å². The fourth-order valence-electron chi connectivity index (χ4n) is 2.04. The van der Waals surface area contributed by atoms with Crippen LogP contribution in [0.15, 0.2) is 46.8 Å². The molecule has 1 saturated heterocycles. The summed E-state index contributed by atoms with van der Waals surface area (Å²) >= 11 is 2.57. The van der Waals surface area contributed by atoms with Gasteiger partial charge in [-0.1, -0.05) is 29.5 Å². The summed E-state index contributed by atoms with van der Waals surface area (Å²) in [6, 6.07) is 6.08. The van der Waals surface area contributed by atoms with Crippen LogP contribution in [0.25, 0.3) is 6.08 Å². The second-order valence-electron chi connectivity index (χ2n) is 4.87. The predicted octanol–water partition coefficient (Wildman–Crippen LogP) is 3.78. The Balaban J connectivity index is 1.95. The van der Waals surface area contributed by atoms with E-state index in [4.69, 9.17) is 0 Å². The van der Waals surface area contributed by atoms with Crippen molar-refractivity contribution in [3.8, 4) is 0 Å². The lowest BCUT2D eigenvalue weighted by molar-refractivity contribution is -0.121. The van der Waals surface area contributed by atoms with Crippen molar-refractivity contribution in [2.75, 3.05) is 6.54 Å². The summed E-state index contributed by atoms with van der Waals surface area (Å²) in [5.41, 5.74) is 0.623. The van der Waals surface area contributed by atoms with E-state index in [0.29, 0.717) is 27.3 Å². The molecule has 0 spiro atoms. The highest BCUT2D eigenvalue weighted by molar-refractivity contribution is 8.18. The fourth-order valence-corrected chi connectivity index (χ4v) is 3.65. The maximum Gasteiger partial charge on any atom is 0.267 e. The van der Waals surface area contributed by atoms with Crippen LogP contribution < -0.4 is 0 Å². The SMILES string of the molecule is C=CCN1C(=O)/C(=C/c2cccc(F)c2)S/C1=N/c1nnc(C)s1. The molecule has 3 rings (SSSR count). The first-order chi connectivity index (χ1) is 11.6. The number of halogens is 1. The van der Waals surface area contributed by atoms with Gasteiger partial charge in [0.2, 0.25) is 5.13 Å². The Bertz CT molecular complexity index is 859. The van der Waals surface area contributed by atoms with Gasteiger partial charge in [0.25, 0.3) is 5.91 Å². The van der Waals surface area contributed by atoms with Crippen LogP contribution in [0.1, 0.15) is 10.6 Å². The fraction of sp³-hybridized carbons (Fsp3) is 0.125. The summed E-state index contributed by atoms with van der Waals surface area (Å²) in [5, 5.41) is 9.67. The molecule has 0 saturated carbocycles. The summed E-state index contributed by atoms with van der Waals surface area (Å²) < 4.78 is 13.3. The number of rotatable bonds is 4. The molecule has 1 fully saturated rings. The molecule has 5 nitrogen and oxygen atoms in total. The molecule has 1 aromatic heterocycles. The Morgan fingerprint density at radius 3 is 2.92 bits per heavy atom. The number of carbonyl (C=O) groups is 1. The molecule has 2 aromatic rings. The molecule has 0 aliphatic carbocycles. The smallest absolute Gasteiger partial charge is 0.267 e. The Labute approximate surface area is 146 Å². The number of hydrogen-bond acceptors (Lipinski definition) is 6. The molecule has 2 heterocycles. The molecule has 1 aliphatic rings. The highest BCUT2D eigenvalue weighted by atomic mass is 32.2. The van der Waals surface area contributed by atoms with Gasteiger partial charge in [0, 0.05) is 6.54 Å². The molecule has 8 heteroatoms. The van der Waals surface area contributed by atoms with Crippen molar-refractivity contribution in [2.45, 2.75) is 6.92 Å². The highest BCUT2D eigenvalue weighted by Crippen LogP contribution is 2.34. The molecular formula is C16H13FN4OS2. The Morgan fingerprint density at radius 1 is 1.42 bits per heavy atom. The maximum atomic E-state index is 13.3. The molecule has 1 aliphatic heterocycles. The topological polar surface area (TPSA) is 58.5 Å². The van der Waals surface area contributed by atoms with Crippen LogP contribution in [0.2, 0.25) is 0 Å². The number of benzene rings is 1. The van der Waals surface area contributed by atoms with Gasteiger partial charge >= 0.3 is 0 Å². The van der Waals surface area contributed by atoms with E-state index >= 15 is 0 Å². The van der Waals surface area contributed by atoms with Crippen LogP contribution in [0.5, 0.6) is 0 Å². The molecule has 0 atom stereocenters. The Hall–Kier alpha value is -2.32. The average molecular weight is 360 g/mol. The minimum Gasteiger partial charge on any atom is -0.282 e. The van der Waals surface area contributed by atoms with Gasteiger partial charge in [-0.05, 0) is 42.5 Å². The first-order valence-electron chi connectivity index (χ1n) is 7.03. The first-order valence-corrected chi connectivity index (χ1v) is 8.67. The number of amidine groups is 1. The minimum absolute atomic E-state index is 0.191. The van der Waals surface area contributed by atoms with Gasteiger partial charge < -0.3 is 0 Å². The largest absolute Gasteiger partial charge is 0.282 e. The number of thioether (sulfide) groups is 1. The molecule has 0 unspecified atom stereocenters. The molecular weight excluding hydrogens is 347 g/mol. The van der Waals surface area contributed by atoms with Gasteiger partial charge in [-0.2, -0.15) is 4.99 Å². The van der Waals surface area contributed by atoms with Gasteiger partial charge in [0.15, 0.2) is 5.17 Å². The van der Waals surface area contributed by atoms with E-state index in [-0.39, 0.29) is 11.7 Å². The monoisotopic (exact) mass is 360 g/mol. The normalized spacial score (nSPS) is 17.9. The zero-order valence-corrected chi connectivity index (χ0v) is 14.4. The number of amides is 1. The van der Waals surface area contributed by atoms with Gasteiger partial charge in [0.1, 0.15) is 10.8 Å². The van der Waals surface area contributed by atoms with Crippen LogP contribution in [0, 0.1) is 12.7 Å². The molecule has 24 heavy (non-hydrogen) atoms. The van der Waals surface area contributed by atoms with Crippen molar-refractivity contribution < 1.29 is 9.18 Å². The van der Waals surface area contributed by atoms with Crippen LogP contribution in [-0.2, 0) is 4.79 Å². The van der Waals surface area contributed by atoms with E-state index in [9.17, 15) is 9.18 Å². The summed E-state index contributed by atoms with van der Waals surface area (Å²) in [5.74, 6) is -0.537. The molecule has 1 aromatic carbocycles. The third kappa shape index (κ3) is 3.60. The van der Waals surface area contributed by atoms with Crippen molar-refractivity contribution >= 4 is 45.4 Å². The summed E-state index contributed by atoms with van der Waals surface area (Å²) in [7, 11) is 0. The average Bonchev–Trinajstić information content (AvgIpc) is 3.07. The lowest BCUT2D eigenvalue weighted by atomic mass is 10.2. The van der Waals surface area contributed by atoms with E-state index in [1.165, 1.54) is 40.1 Å². The van der Waals surface area contributed by atoms with Crippen LogP contribution in [0.4, 0.5) is 9.52 Å². The zero-order valence-electron chi connectivity index (χ0n) is 12.8. The predicted molar refractivity (Wildman–Crippen MR) is 95.6 cm³/mol. The van der Waals surface area contributed by atoms with Gasteiger partial charge in [-0.25, -0.2) is 4.39 Å². The molecule has 122 valence electrons. The summed E-state index contributed by atoms with van der Waals surface area (Å²) in [6.45, 7) is 5.85. The number of hydrogen-bond donors (Lipinski definition) is 0. The van der Waals surface area contributed by atoms with Crippen molar-refractivity contribution in [3.63, 3.8) is 0 Å². The standard InChI is InChI=1S/C16H13FN4OS2/c1-3-7-21-14(22)13(9-11-5-4-6-12(17)8-11)24-16(21)18-15-20-19-10(2)23-15/h3-6,8-9H,1,7H2,2H3/b13-9-,18-16+. The molecule has 1 amide bonds. The third-order valence-corrected chi connectivity index (χ3v) is 4.79. The van der Waals surface area contributed by atoms with Crippen molar-refractivity contribution in [1.82, 2.24) is 15.1 Å². The summed E-state index contributed by atoms with van der Waals surface area (Å²) in [6.07, 6.45) is 3.28. The van der Waals surface area contributed by atoms with Crippen LogP contribution in [0.3, 0.4) is 0 Å². The van der Waals surface area contributed by atoms with Crippen molar-refractivity contribution in [1.29, 1.82) is 0 Å². The van der Waals surface area contributed by atoms with E-state index in [1.807, 2.05) is 6.92 Å². The number of nitrogens with zero attached hydrogens (tertiary/aromatic N) is 4. The molecule has 0 radical (unpaired) electrons. The lowest BCUT2D eigenvalue weighted by Crippen LogP contribution is -2.29. The second kappa shape index (κ2) is 7.06. The van der Waals surface area contributed by atoms with E-state index in [1.54, 1.807) is 24.3 Å². The quantitative estimate of drug-likeness (QED) is 0.615. The Kier molecular flexibility index (Phi) is 4.86. The first kappa shape index (κ1) is 16.5. The van der Waals surface area contributed by atoms with Crippen LogP contribution in [-0.4, -0.2) is 32.7 Å². The number of aromatic nitrogens is 2. The highest BCUT2D eigenvalue weighted by Gasteiger charge is 2.32. The van der Waals surface area contributed by atoms with E-state index < -0.39 is 0 Å². The van der Waals surface area contributed by atoms with E-state index in [0.717, 1.165) is 5.01 Å². The van der Waals surface area contributed by atoms with Crippen LogP contribution >= 0.6 is 23.1 Å². The molecule has 0 N–H and O–H groups in total. The minimum atomic E-state index is -0.346. The zero-order chi connectivity index (χ0) is 17.1. The van der Waals surface area contributed by atoms with Crippen molar-refractivity contribution in [3.05, 3.63) is 58.2 Å². The third-order valence-electron chi connectivity index (χ3n) is 3.05.